The second-order valence-electron chi connectivity index (χ2n) is 3.82. The number of hydrogen-bond donors (Lipinski definition) is 2. The average Bonchev–Trinajstić information content (AvgIpc) is 2.48. The van der Waals surface area contributed by atoms with Crippen LogP contribution in [0.3, 0.4) is 0 Å². The van der Waals surface area contributed by atoms with Gasteiger partial charge in [-0.25, -0.2) is 0 Å². The maximum Gasteiger partial charge on any atom is 0.161 e. The predicted molar refractivity (Wildman–Crippen MR) is 86.8 cm³/mol. The van der Waals surface area contributed by atoms with Gasteiger partial charge in [0.15, 0.2) is 11.5 Å². The van der Waals surface area contributed by atoms with E-state index in [0.29, 0.717) is 51.1 Å². The summed E-state index contributed by atoms with van der Waals surface area (Å²) in [4.78, 5) is 0. The van der Waals surface area contributed by atoms with Crippen molar-refractivity contribution in [1.29, 1.82) is 0 Å². The van der Waals surface area contributed by atoms with Crippen molar-refractivity contribution >= 4 is 25.3 Å². The number of benzene rings is 1. The van der Waals surface area contributed by atoms with E-state index in [4.69, 9.17) is 18.9 Å². The summed E-state index contributed by atoms with van der Waals surface area (Å²) in [7, 11) is 0. The lowest BCUT2D eigenvalue weighted by molar-refractivity contribution is 0.102. The van der Waals surface area contributed by atoms with Crippen LogP contribution >= 0.6 is 25.3 Å². The lowest BCUT2D eigenvalue weighted by atomic mass is 10.3. The first-order valence-electron chi connectivity index (χ1n) is 6.60. The minimum absolute atomic E-state index is 0.490. The van der Waals surface area contributed by atoms with Crippen LogP contribution in [0.4, 0.5) is 0 Å². The normalized spacial score (nSPS) is 10.5. The Morgan fingerprint density at radius 2 is 1.10 bits per heavy atom. The highest BCUT2D eigenvalue weighted by Gasteiger charge is 2.03. The Hall–Kier alpha value is -0.560. The molecule has 0 aliphatic heterocycles. The van der Waals surface area contributed by atoms with Gasteiger partial charge in [-0.05, 0) is 12.1 Å². The Balaban J connectivity index is 2.27. The van der Waals surface area contributed by atoms with Gasteiger partial charge in [-0.3, -0.25) is 0 Å². The van der Waals surface area contributed by atoms with Gasteiger partial charge in [0.1, 0.15) is 13.2 Å². The fraction of sp³-hybridized carbons (Fsp3) is 0.571. The van der Waals surface area contributed by atoms with Crippen LogP contribution in [0.1, 0.15) is 0 Å². The molecule has 0 amide bonds. The molecule has 0 aliphatic rings. The average molecular weight is 318 g/mol. The number of hydrogen-bond acceptors (Lipinski definition) is 6. The van der Waals surface area contributed by atoms with E-state index >= 15 is 0 Å². The number of ether oxygens (including phenoxy) is 4. The highest BCUT2D eigenvalue weighted by Crippen LogP contribution is 2.26. The maximum atomic E-state index is 5.63. The van der Waals surface area contributed by atoms with Crippen LogP contribution in [0.2, 0.25) is 0 Å². The molecular weight excluding hydrogens is 296 g/mol. The van der Waals surface area contributed by atoms with Gasteiger partial charge in [-0.2, -0.15) is 25.3 Å². The van der Waals surface area contributed by atoms with Gasteiger partial charge in [-0.1, -0.05) is 12.1 Å². The van der Waals surface area contributed by atoms with Crippen LogP contribution in [0, 0.1) is 0 Å². The number of rotatable bonds is 12. The second-order valence-corrected chi connectivity index (χ2v) is 4.71. The third-order valence-corrected chi connectivity index (χ3v) is 2.66. The standard InChI is InChI=1S/C14H22O4S2/c19-11-9-15-5-7-17-13-3-1-2-4-14(13)18-8-6-16-10-12-20/h1-4,19-20H,5-12H2. The van der Waals surface area contributed by atoms with E-state index in [-0.39, 0.29) is 0 Å². The lowest BCUT2D eigenvalue weighted by Gasteiger charge is -2.12. The van der Waals surface area contributed by atoms with Crippen molar-refractivity contribution in [3.63, 3.8) is 0 Å². The molecule has 1 rings (SSSR count). The summed E-state index contributed by atoms with van der Waals surface area (Å²) >= 11 is 8.14. The molecule has 0 heterocycles. The van der Waals surface area contributed by atoms with E-state index < -0.39 is 0 Å². The van der Waals surface area contributed by atoms with Gasteiger partial charge in [0.2, 0.25) is 0 Å². The van der Waals surface area contributed by atoms with Gasteiger partial charge in [0, 0.05) is 11.5 Å². The largest absolute Gasteiger partial charge is 0.487 e. The van der Waals surface area contributed by atoms with E-state index in [1.807, 2.05) is 24.3 Å². The first-order chi connectivity index (χ1) is 9.88. The quantitative estimate of drug-likeness (QED) is 0.458. The van der Waals surface area contributed by atoms with Crippen LogP contribution in [0.5, 0.6) is 11.5 Å². The van der Waals surface area contributed by atoms with Gasteiger partial charge in [-0.15, -0.1) is 0 Å². The zero-order chi connectivity index (χ0) is 14.5. The van der Waals surface area contributed by atoms with Gasteiger partial charge in [0.05, 0.1) is 26.4 Å². The van der Waals surface area contributed by atoms with Crippen molar-refractivity contribution in [2.24, 2.45) is 0 Å². The fourth-order valence-electron chi connectivity index (χ4n) is 1.44. The molecule has 0 bridgehead atoms. The zero-order valence-corrected chi connectivity index (χ0v) is 13.3. The molecule has 0 aliphatic carbocycles. The van der Waals surface area contributed by atoms with Gasteiger partial charge < -0.3 is 18.9 Å². The molecule has 0 saturated heterocycles. The van der Waals surface area contributed by atoms with Crippen LogP contribution in [-0.2, 0) is 9.47 Å². The molecule has 0 unspecified atom stereocenters. The van der Waals surface area contributed by atoms with E-state index in [9.17, 15) is 0 Å². The topological polar surface area (TPSA) is 36.9 Å². The van der Waals surface area contributed by atoms with Crippen LogP contribution in [0.25, 0.3) is 0 Å². The fourth-order valence-corrected chi connectivity index (χ4v) is 1.70. The molecular formula is C14H22O4S2. The number of para-hydroxylation sites is 2. The summed E-state index contributed by atoms with van der Waals surface area (Å²) < 4.78 is 21.9. The molecule has 6 heteroatoms. The molecule has 4 nitrogen and oxygen atoms in total. The summed E-state index contributed by atoms with van der Waals surface area (Å²) in [5.41, 5.74) is 0. The lowest BCUT2D eigenvalue weighted by Crippen LogP contribution is -2.11. The van der Waals surface area contributed by atoms with Crippen LogP contribution < -0.4 is 9.47 Å². The third-order valence-electron chi connectivity index (χ3n) is 2.29. The summed E-state index contributed by atoms with van der Waals surface area (Å²) in [5.74, 6) is 2.87. The van der Waals surface area contributed by atoms with Crippen molar-refractivity contribution in [2.45, 2.75) is 0 Å². The Kier molecular flexibility index (Phi) is 10.7. The molecule has 0 radical (unpaired) electrons. The van der Waals surface area contributed by atoms with Gasteiger partial charge in [0.25, 0.3) is 0 Å². The Labute approximate surface area is 131 Å². The molecule has 0 spiro atoms. The maximum absolute atomic E-state index is 5.63. The van der Waals surface area contributed by atoms with E-state index in [1.165, 1.54) is 0 Å². The Morgan fingerprint density at radius 1 is 0.650 bits per heavy atom. The van der Waals surface area contributed by atoms with Crippen molar-refractivity contribution < 1.29 is 18.9 Å². The predicted octanol–water partition coefficient (Wildman–Crippen LogP) is 2.34. The first kappa shape index (κ1) is 17.5. The van der Waals surface area contributed by atoms with Gasteiger partial charge >= 0.3 is 0 Å². The van der Waals surface area contributed by atoms with Crippen molar-refractivity contribution in [3.05, 3.63) is 24.3 Å². The highest BCUT2D eigenvalue weighted by atomic mass is 32.1. The second kappa shape index (κ2) is 12.2. The molecule has 1 aromatic carbocycles. The molecule has 114 valence electrons. The van der Waals surface area contributed by atoms with Crippen molar-refractivity contribution in [3.8, 4) is 11.5 Å². The smallest absolute Gasteiger partial charge is 0.161 e. The van der Waals surface area contributed by atoms with Crippen molar-refractivity contribution in [1.82, 2.24) is 0 Å². The van der Waals surface area contributed by atoms with E-state index in [1.54, 1.807) is 0 Å². The summed E-state index contributed by atoms with van der Waals surface area (Å²) in [6.45, 7) is 3.33. The molecule has 0 saturated carbocycles. The number of thiol groups is 2. The molecule has 0 fully saturated rings. The van der Waals surface area contributed by atoms with E-state index in [0.717, 1.165) is 11.5 Å². The molecule has 20 heavy (non-hydrogen) atoms. The third kappa shape index (κ3) is 7.89. The van der Waals surface area contributed by atoms with E-state index in [2.05, 4.69) is 25.3 Å². The van der Waals surface area contributed by atoms with Crippen LogP contribution in [0.15, 0.2) is 24.3 Å². The molecule has 1 aromatic rings. The minimum atomic E-state index is 0.490. The van der Waals surface area contributed by atoms with Crippen molar-refractivity contribution in [2.75, 3.05) is 51.1 Å². The molecule has 0 aromatic heterocycles. The Morgan fingerprint density at radius 3 is 1.50 bits per heavy atom. The monoisotopic (exact) mass is 318 g/mol. The SMILES string of the molecule is SCCOCCOc1ccccc1OCCOCCS. The molecule has 0 N–H and O–H groups in total. The minimum Gasteiger partial charge on any atom is -0.487 e. The summed E-state index contributed by atoms with van der Waals surface area (Å²) in [5, 5.41) is 0. The van der Waals surface area contributed by atoms with Crippen LogP contribution in [-0.4, -0.2) is 51.1 Å². The zero-order valence-electron chi connectivity index (χ0n) is 11.5. The highest BCUT2D eigenvalue weighted by molar-refractivity contribution is 7.80. The first-order valence-corrected chi connectivity index (χ1v) is 7.87. The summed E-state index contributed by atoms with van der Waals surface area (Å²) in [6, 6.07) is 7.58. The summed E-state index contributed by atoms with van der Waals surface area (Å²) in [6.07, 6.45) is 0. The Bertz CT molecular complexity index is 317. The molecule has 0 atom stereocenters.